The predicted octanol–water partition coefficient (Wildman–Crippen LogP) is 2.09. The summed E-state index contributed by atoms with van der Waals surface area (Å²) < 4.78 is 0. The van der Waals surface area contributed by atoms with Crippen molar-refractivity contribution < 1.29 is 0 Å². The maximum atomic E-state index is 11.6. The standard InChI is InChI=1S/C11H18N2O/c1-7(2)5-9-11(14)13-10(6-12-9)8(3)4/h6-8H,5H2,1-4H3,(H,13,14). The number of rotatable bonds is 3. The topological polar surface area (TPSA) is 45.8 Å². The van der Waals surface area contributed by atoms with Crippen LogP contribution < -0.4 is 5.56 Å². The molecular formula is C11H18N2O. The van der Waals surface area contributed by atoms with E-state index in [1.54, 1.807) is 6.20 Å². The summed E-state index contributed by atoms with van der Waals surface area (Å²) in [6.45, 7) is 8.24. The molecule has 1 aromatic heterocycles. The molecule has 0 aliphatic heterocycles. The van der Waals surface area contributed by atoms with Crippen molar-refractivity contribution in [2.24, 2.45) is 5.92 Å². The summed E-state index contributed by atoms with van der Waals surface area (Å²) in [5, 5.41) is 0. The first-order chi connectivity index (χ1) is 6.50. The first kappa shape index (κ1) is 11.0. The Hall–Kier alpha value is -1.12. The molecule has 0 radical (unpaired) electrons. The number of aromatic amines is 1. The van der Waals surface area contributed by atoms with Crippen molar-refractivity contribution >= 4 is 0 Å². The SMILES string of the molecule is CC(C)Cc1ncc(C(C)C)[nH]c1=O. The van der Waals surface area contributed by atoms with Crippen molar-refractivity contribution in [1.82, 2.24) is 9.97 Å². The Bertz CT molecular complexity index is 353. The van der Waals surface area contributed by atoms with E-state index in [-0.39, 0.29) is 5.56 Å². The largest absolute Gasteiger partial charge is 0.323 e. The Labute approximate surface area is 84.6 Å². The first-order valence-corrected chi connectivity index (χ1v) is 5.08. The van der Waals surface area contributed by atoms with Gasteiger partial charge in [-0.25, -0.2) is 0 Å². The first-order valence-electron chi connectivity index (χ1n) is 5.08. The summed E-state index contributed by atoms with van der Waals surface area (Å²) in [4.78, 5) is 18.6. The van der Waals surface area contributed by atoms with Gasteiger partial charge in [0.15, 0.2) is 0 Å². The van der Waals surface area contributed by atoms with Crippen LogP contribution in [0.4, 0.5) is 0 Å². The molecule has 1 N–H and O–H groups in total. The highest BCUT2D eigenvalue weighted by molar-refractivity contribution is 5.06. The van der Waals surface area contributed by atoms with Crippen LogP contribution in [0.3, 0.4) is 0 Å². The Balaban J connectivity index is 2.96. The smallest absolute Gasteiger partial charge is 0.269 e. The highest BCUT2D eigenvalue weighted by Crippen LogP contribution is 2.08. The van der Waals surface area contributed by atoms with E-state index < -0.39 is 0 Å². The molecule has 0 amide bonds. The molecule has 0 fully saturated rings. The van der Waals surface area contributed by atoms with Gasteiger partial charge in [0.25, 0.3) is 5.56 Å². The second kappa shape index (κ2) is 4.40. The molecule has 0 saturated heterocycles. The molecule has 1 aromatic rings. The number of nitrogens with zero attached hydrogens (tertiary/aromatic N) is 1. The molecule has 78 valence electrons. The van der Waals surface area contributed by atoms with Crippen molar-refractivity contribution in [3.63, 3.8) is 0 Å². The minimum atomic E-state index is -0.0371. The second-order valence-corrected chi connectivity index (χ2v) is 4.37. The van der Waals surface area contributed by atoms with Crippen molar-refractivity contribution in [1.29, 1.82) is 0 Å². The molecule has 0 aliphatic carbocycles. The monoisotopic (exact) mass is 194 g/mol. The lowest BCUT2D eigenvalue weighted by molar-refractivity contribution is 0.625. The van der Waals surface area contributed by atoms with Crippen molar-refractivity contribution in [2.45, 2.75) is 40.0 Å². The van der Waals surface area contributed by atoms with Crippen molar-refractivity contribution in [3.8, 4) is 0 Å². The molecule has 3 heteroatoms. The van der Waals surface area contributed by atoms with Gasteiger partial charge in [-0.2, -0.15) is 0 Å². The quantitative estimate of drug-likeness (QED) is 0.800. The Morgan fingerprint density at radius 1 is 1.36 bits per heavy atom. The lowest BCUT2D eigenvalue weighted by Gasteiger charge is -2.06. The van der Waals surface area contributed by atoms with E-state index in [0.717, 1.165) is 12.1 Å². The Morgan fingerprint density at radius 3 is 2.43 bits per heavy atom. The molecule has 14 heavy (non-hydrogen) atoms. The Morgan fingerprint density at radius 2 is 2.00 bits per heavy atom. The number of H-pyrrole nitrogens is 1. The van der Waals surface area contributed by atoms with Crippen molar-refractivity contribution in [3.05, 3.63) is 27.9 Å². The fourth-order valence-corrected chi connectivity index (χ4v) is 1.27. The minimum Gasteiger partial charge on any atom is -0.323 e. The molecule has 0 unspecified atom stereocenters. The fraction of sp³-hybridized carbons (Fsp3) is 0.636. The Kier molecular flexibility index (Phi) is 3.44. The zero-order valence-electron chi connectivity index (χ0n) is 9.29. The van der Waals surface area contributed by atoms with Gasteiger partial charge in [0, 0.05) is 11.9 Å². The van der Waals surface area contributed by atoms with Crippen LogP contribution in [-0.2, 0) is 6.42 Å². The average molecular weight is 194 g/mol. The molecule has 0 saturated carbocycles. The van der Waals surface area contributed by atoms with Gasteiger partial charge in [0.2, 0.25) is 0 Å². The second-order valence-electron chi connectivity index (χ2n) is 4.37. The molecule has 0 spiro atoms. The van der Waals surface area contributed by atoms with Crippen LogP contribution in [0.2, 0.25) is 0 Å². The van der Waals surface area contributed by atoms with Gasteiger partial charge in [-0.15, -0.1) is 0 Å². The third-order valence-electron chi connectivity index (χ3n) is 2.10. The van der Waals surface area contributed by atoms with Crippen LogP contribution in [0.15, 0.2) is 11.0 Å². The van der Waals surface area contributed by atoms with Crippen LogP contribution >= 0.6 is 0 Å². The molecular weight excluding hydrogens is 176 g/mol. The zero-order valence-corrected chi connectivity index (χ0v) is 9.29. The molecule has 0 aliphatic rings. The fourth-order valence-electron chi connectivity index (χ4n) is 1.27. The number of aromatic nitrogens is 2. The van der Waals surface area contributed by atoms with Gasteiger partial charge in [-0.1, -0.05) is 27.7 Å². The number of hydrogen-bond acceptors (Lipinski definition) is 2. The van der Waals surface area contributed by atoms with E-state index in [9.17, 15) is 4.79 Å². The molecule has 0 aromatic carbocycles. The lowest BCUT2D eigenvalue weighted by atomic mass is 10.1. The van der Waals surface area contributed by atoms with Gasteiger partial charge in [0.1, 0.15) is 5.69 Å². The maximum Gasteiger partial charge on any atom is 0.269 e. The summed E-state index contributed by atoms with van der Waals surface area (Å²) in [5.74, 6) is 0.789. The molecule has 0 bridgehead atoms. The predicted molar refractivity (Wildman–Crippen MR) is 57.5 cm³/mol. The third-order valence-corrected chi connectivity index (χ3v) is 2.10. The third kappa shape index (κ3) is 2.69. The summed E-state index contributed by atoms with van der Waals surface area (Å²) >= 11 is 0. The van der Waals surface area contributed by atoms with E-state index >= 15 is 0 Å². The van der Waals surface area contributed by atoms with E-state index in [1.165, 1.54) is 0 Å². The molecule has 0 atom stereocenters. The van der Waals surface area contributed by atoms with Crippen molar-refractivity contribution in [2.75, 3.05) is 0 Å². The van der Waals surface area contributed by atoms with E-state index in [0.29, 0.717) is 17.5 Å². The summed E-state index contributed by atoms with van der Waals surface area (Å²) in [6, 6.07) is 0. The summed E-state index contributed by atoms with van der Waals surface area (Å²) in [7, 11) is 0. The van der Waals surface area contributed by atoms with Crippen LogP contribution in [0.25, 0.3) is 0 Å². The van der Waals surface area contributed by atoms with Crippen LogP contribution in [-0.4, -0.2) is 9.97 Å². The van der Waals surface area contributed by atoms with Gasteiger partial charge >= 0.3 is 0 Å². The summed E-state index contributed by atoms with van der Waals surface area (Å²) in [5.41, 5.74) is 1.51. The van der Waals surface area contributed by atoms with Crippen LogP contribution in [0.5, 0.6) is 0 Å². The zero-order chi connectivity index (χ0) is 10.7. The van der Waals surface area contributed by atoms with E-state index in [1.807, 2.05) is 13.8 Å². The van der Waals surface area contributed by atoms with E-state index in [4.69, 9.17) is 0 Å². The van der Waals surface area contributed by atoms with Gasteiger partial charge in [-0.3, -0.25) is 9.78 Å². The average Bonchev–Trinajstić information content (AvgIpc) is 2.07. The van der Waals surface area contributed by atoms with Crippen LogP contribution in [0, 0.1) is 5.92 Å². The lowest BCUT2D eigenvalue weighted by Crippen LogP contribution is -2.18. The van der Waals surface area contributed by atoms with Gasteiger partial charge in [-0.05, 0) is 18.3 Å². The highest BCUT2D eigenvalue weighted by atomic mass is 16.1. The number of nitrogens with one attached hydrogen (secondary N) is 1. The van der Waals surface area contributed by atoms with Gasteiger partial charge < -0.3 is 4.98 Å². The highest BCUT2D eigenvalue weighted by Gasteiger charge is 2.06. The molecule has 1 rings (SSSR count). The normalized spacial score (nSPS) is 11.3. The summed E-state index contributed by atoms with van der Waals surface area (Å²) in [6.07, 6.45) is 2.51. The van der Waals surface area contributed by atoms with Gasteiger partial charge in [0.05, 0.1) is 0 Å². The minimum absolute atomic E-state index is 0.0371. The maximum absolute atomic E-state index is 11.6. The molecule has 3 nitrogen and oxygen atoms in total. The molecule has 1 heterocycles. The van der Waals surface area contributed by atoms with Crippen LogP contribution in [0.1, 0.15) is 45.0 Å². The van der Waals surface area contributed by atoms with E-state index in [2.05, 4.69) is 23.8 Å². The number of hydrogen-bond donors (Lipinski definition) is 1.